The molecule has 0 aliphatic heterocycles. The van der Waals surface area contributed by atoms with Crippen LogP contribution in [0.3, 0.4) is 0 Å². The molecule has 2 aromatic rings. The fourth-order valence-corrected chi connectivity index (χ4v) is 3.96. The first kappa shape index (κ1) is 20.3. The highest BCUT2D eigenvalue weighted by Crippen LogP contribution is 2.25. The zero-order valence-electron chi connectivity index (χ0n) is 16.9. The predicted octanol–water partition coefficient (Wildman–Crippen LogP) is 6.36. The molecule has 0 spiro atoms. The maximum atomic E-state index is 12.6. The Hall–Kier alpha value is -2.42. The number of aliphatic hydroxyl groups is 1. The third-order valence-corrected chi connectivity index (χ3v) is 5.48. The molecule has 0 heterocycles. The van der Waals surface area contributed by atoms with Crippen molar-refractivity contribution in [1.82, 2.24) is 0 Å². The first-order valence-electron chi connectivity index (χ1n) is 10.7. The monoisotopic (exact) mass is 377 g/mol. The van der Waals surface area contributed by atoms with Crippen LogP contribution in [0.2, 0.25) is 0 Å². The van der Waals surface area contributed by atoms with Crippen LogP contribution >= 0.6 is 0 Å². The number of aliphatic hydroxyl groups excluding tert-OH is 1. The van der Waals surface area contributed by atoms with Gasteiger partial charge in [-0.15, -0.1) is 0 Å². The van der Waals surface area contributed by atoms with Crippen molar-refractivity contribution in [3.8, 4) is 0 Å². The number of benzene rings is 2. The highest BCUT2D eigenvalue weighted by molar-refractivity contribution is 6.24. The lowest BCUT2D eigenvalue weighted by Crippen LogP contribution is -2.22. The summed E-state index contributed by atoms with van der Waals surface area (Å²) in [6.45, 7) is 2.96. The summed E-state index contributed by atoms with van der Waals surface area (Å²) in [5.74, 6) is 0.208. The number of carbonyl (C=O) groups is 1. The molecule has 2 aromatic carbocycles. The average molecular weight is 378 g/mol. The third-order valence-electron chi connectivity index (χ3n) is 5.48. The number of aliphatic imine (C=N–C) groups is 1. The molecule has 148 valence electrons. The first-order valence-corrected chi connectivity index (χ1v) is 10.7. The van der Waals surface area contributed by atoms with Crippen molar-refractivity contribution in [3.05, 3.63) is 59.4 Å². The number of rotatable bonds is 8. The van der Waals surface area contributed by atoms with Crippen molar-refractivity contribution in [1.29, 1.82) is 0 Å². The van der Waals surface area contributed by atoms with E-state index in [1.165, 1.54) is 25.7 Å². The van der Waals surface area contributed by atoms with Crippen LogP contribution in [0.5, 0.6) is 0 Å². The molecule has 1 N–H and O–H groups in total. The minimum absolute atomic E-state index is 0.0359. The predicted molar refractivity (Wildman–Crippen MR) is 117 cm³/mol. The van der Waals surface area contributed by atoms with E-state index in [0.29, 0.717) is 18.4 Å². The van der Waals surface area contributed by atoms with Gasteiger partial charge >= 0.3 is 0 Å². The standard InChI is InChI=1S/C25H31NO2/c1-2-3-4-5-8-17-26-22-15-10-16-23(27)25(22)24(28)18-20-13-9-12-19-11-6-7-14-21(19)20/h6-7,9,11-14,28H,2-5,8,10,15-18H2,1H3/b25-24+,26-22?. The Kier molecular flexibility index (Phi) is 7.41. The van der Waals surface area contributed by atoms with Crippen LogP contribution in [-0.2, 0) is 11.2 Å². The van der Waals surface area contributed by atoms with Crippen LogP contribution in [0.25, 0.3) is 10.8 Å². The molecule has 0 aromatic heterocycles. The third kappa shape index (κ3) is 5.09. The fraction of sp³-hybridized carbons (Fsp3) is 0.440. The molecule has 0 saturated heterocycles. The van der Waals surface area contributed by atoms with Gasteiger partial charge in [0.15, 0.2) is 5.78 Å². The van der Waals surface area contributed by atoms with Gasteiger partial charge in [-0.05, 0) is 35.6 Å². The van der Waals surface area contributed by atoms with Crippen LogP contribution < -0.4 is 0 Å². The van der Waals surface area contributed by atoms with Crippen molar-refractivity contribution in [3.63, 3.8) is 0 Å². The second-order valence-corrected chi connectivity index (χ2v) is 7.66. The first-order chi connectivity index (χ1) is 13.7. The smallest absolute Gasteiger partial charge is 0.168 e. The summed E-state index contributed by atoms with van der Waals surface area (Å²) >= 11 is 0. The van der Waals surface area contributed by atoms with E-state index in [9.17, 15) is 9.90 Å². The van der Waals surface area contributed by atoms with Gasteiger partial charge in [-0.25, -0.2) is 0 Å². The Morgan fingerprint density at radius 3 is 2.64 bits per heavy atom. The van der Waals surface area contributed by atoms with Crippen molar-refractivity contribution in [2.75, 3.05) is 6.54 Å². The lowest BCUT2D eigenvalue weighted by atomic mass is 9.88. The molecule has 1 aliphatic carbocycles. The summed E-state index contributed by atoms with van der Waals surface area (Å²) in [5, 5.41) is 13.1. The molecule has 3 nitrogen and oxygen atoms in total. The van der Waals surface area contributed by atoms with E-state index in [1.54, 1.807) is 0 Å². The lowest BCUT2D eigenvalue weighted by molar-refractivity contribution is -0.115. The molecule has 1 saturated carbocycles. The summed E-state index contributed by atoms with van der Waals surface area (Å²) in [4.78, 5) is 17.3. The van der Waals surface area contributed by atoms with E-state index < -0.39 is 0 Å². The van der Waals surface area contributed by atoms with Gasteiger partial charge in [0.25, 0.3) is 0 Å². The normalized spacial score (nSPS) is 18.0. The second kappa shape index (κ2) is 10.2. The topological polar surface area (TPSA) is 49.7 Å². The van der Waals surface area contributed by atoms with Crippen molar-refractivity contribution < 1.29 is 9.90 Å². The SMILES string of the molecule is CCCCCCCN=C1CCCC(=O)/C1=C(/O)Cc1cccc2ccccc12. The Morgan fingerprint density at radius 2 is 1.79 bits per heavy atom. The van der Waals surface area contributed by atoms with Gasteiger partial charge in [0.2, 0.25) is 0 Å². The number of hydrogen-bond donors (Lipinski definition) is 1. The Labute approximate surface area is 168 Å². The summed E-state index contributed by atoms with van der Waals surface area (Å²) < 4.78 is 0. The molecular formula is C25H31NO2. The molecule has 0 amide bonds. The molecule has 3 rings (SSSR count). The van der Waals surface area contributed by atoms with Crippen LogP contribution in [0.4, 0.5) is 0 Å². The van der Waals surface area contributed by atoms with Gasteiger partial charge in [0.1, 0.15) is 5.76 Å². The number of hydrogen-bond acceptors (Lipinski definition) is 3. The van der Waals surface area contributed by atoms with Gasteiger partial charge in [0, 0.05) is 25.1 Å². The number of carbonyl (C=O) groups excluding carboxylic acids is 1. The largest absolute Gasteiger partial charge is 0.511 e. The maximum Gasteiger partial charge on any atom is 0.168 e. The van der Waals surface area contributed by atoms with Crippen LogP contribution in [0.1, 0.15) is 63.9 Å². The maximum absolute atomic E-state index is 12.6. The van der Waals surface area contributed by atoms with Gasteiger partial charge in [0.05, 0.1) is 5.57 Å². The summed E-state index contributed by atoms with van der Waals surface area (Å²) in [7, 11) is 0. The summed E-state index contributed by atoms with van der Waals surface area (Å²) in [6.07, 6.45) is 8.48. The summed E-state index contributed by atoms with van der Waals surface area (Å²) in [6, 6.07) is 14.3. The van der Waals surface area contributed by atoms with E-state index >= 15 is 0 Å². The molecule has 3 heteroatoms. The zero-order chi connectivity index (χ0) is 19.8. The number of allylic oxidation sites excluding steroid dienone is 2. The minimum Gasteiger partial charge on any atom is -0.511 e. The van der Waals surface area contributed by atoms with Crippen molar-refractivity contribution >= 4 is 22.3 Å². The number of nitrogens with zero attached hydrogens (tertiary/aromatic N) is 1. The summed E-state index contributed by atoms with van der Waals surface area (Å²) in [5.41, 5.74) is 2.33. The Morgan fingerprint density at radius 1 is 1.00 bits per heavy atom. The van der Waals surface area contributed by atoms with E-state index in [0.717, 1.165) is 47.9 Å². The molecule has 1 aliphatic rings. The van der Waals surface area contributed by atoms with Gasteiger partial charge in [-0.3, -0.25) is 9.79 Å². The molecule has 28 heavy (non-hydrogen) atoms. The van der Waals surface area contributed by atoms with E-state index in [2.05, 4.69) is 25.1 Å². The Balaban J connectivity index is 1.79. The van der Waals surface area contributed by atoms with Crippen molar-refractivity contribution in [2.45, 2.75) is 64.7 Å². The zero-order valence-corrected chi connectivity index (χ0v) is 16.9. The molecular weight excluding hydrogens is 346 g/mol. The molecule has 0 radical (unpaired) electrons. The molecule has 1 fully saturated rings. The van der Waals surface area contributed by atoms with Crippen molar-refractivity contribution in [2.24, 2.45) is 4.99 Å². The highest BCUT2D eigenvalue weighted by Gasteiger charge is 2.25. The highest BCUT2D eigenvalue weighted by atomic mass is 16.3. The number of ketones is 1. The number of unbranched alkanes of at least 4 members (excludes halogenated alkanes) is 4. The lowest BCUT2D eigenvalue weighted by Gasteiger charge is -2.18. The van der Waals surface area contributed by atoms with E-state index in [1.807, 2.05) is 24.3 Å². The number of fused-ring (bicyclic) bond motifs is 1. The molecule has 0 unspecified atom stereocenters. The average Bonchev–Trinajstić information content (AvgIpc) is 2.71. The van der Waals surface area contributed by atoms with Crippen LogP contribution in [0, 0.1) is 0 Å². The minimum atomic E-state index is 0.0359. The van der Waals surface area contributed by atoms with Crippen LogP contribution in [-0.4, -0.2) is 23.1 Å². The van der Waals surface area contributed by atoms with E-state index in [4.69, 9.17) is 4.99 Å². The Bertz CT molecular complexity index is 874. The fourth-order valence-electron chi connectivity index (χ4n) is 3.96. The second-order valence-electron chi connectivity index (χ2n) is 7.66. The van der Waals surface area contributed by atoms with Gasteiger partial charge < -0.3 is 5.11 Å². The molecule has 0 atom stereocenters. The quantitative estimate of drug-likeness (QED) is 0.331. The number of Topliss-reactive ketones (excluding diaryl/α,β-unsaturated/α-hetero) is 1. The van der Waals surface area contributed by atoms with E-state index in [-0.39, 0.29) is 11.5 Å². The van der Waals surface area contributed by atoms with Gasteiger partial charge in [-0.1, -0.05) is 75.1 Å². The van der Waals surface area contributed by atoms with Crippen LogP contribution in [0.15, 0.2) is 58.8 Å². The molecule has 0 bridgehead atoms. The van der Waals surface area contributed by atoms with Gasteiger partial charge in [-0.2, -0.15) is 0 Å².